The summed E-state index contributed by atoms with van der Waals surface area (Å²) in [6.07, 6.45) is 2.46. The summed E-state index contributed by atoms with van der Waals surface area (Å²) in [4.78, 5) is 12.5. The maximum Gasteiger partial charge on any atom is 0.358 e. The molecule has 0 atom stereocenters. The van der Waals surface area contributed by atoms with E-state index in [1.807, 2.05) is 54.1 Å². The number of esters is 1. The number of hydrogen-bond donors (Lipinski definition) is 0. The molecule has 9 heteroatoms. The summed E-state index contributed by atoms with van der Waals surface area (Å²) in [7, 11) is 0.195. The molecular weight excluding hydrogens is 484 g/mol. The second kappa shape index (κ2) is 10.1. The number of ether oxygens (including phenoxy) is 3. The number of rotatable bonds is 10. The van der Waals surface area contributed by atoms with Crippen molar-refractivity contribution in [1.82, 2.24) is 19.6 Å². The highest BCUT2D eigenvalue weighted by atomic mass is 28.3. The van der Waals surface area contributed by atoms with Gasteiger partial charge in [-0.05, 0) is 56.1 Å². The molecule has 0 bridgehead atoms. The van der Waals surface area contributed by atoms with Crippen molar-refractivity contribution in [2.45, 2.75) is 58.3 Å². The van der Waals surface area contributed by atoms with Crippen molar-refractivity contribution in [3.63, 3.8) is 0 Å². The molecule has 8 nitrogen and oxygen atoms in total. The lowest BCUT2D eigenvalue weighted by Crippen LogP contribution is -2.22. The van der Waals surface area contributed by atoms with Crippen LogP contribution in [0.25, 0.3) is 27.8 Å². The Morgan fingerprint density at radius 1 is 1.08 bits per heavy atom. The lowest BCUT2D eigenvalue weighted by molar-refractivity contribution is 0.0593. The summed E-state index contributed by atoms with van der Waals surface area (Å²) >= 11 is 0. The fraction of sp³-hybridized carbons (Fsp3) is 0.393. The SMILES string of the molecule is COC(=O)c1cc(-c2cccc(OC3CC3)c2)n(-c2cccc3c2c(C)nn3COCC[Si](C)(C)C)n1. The normalized spacial score (nSPS) is 13.8. The van der Waals surface area contributed by atoms with Crippen LogP contribution in [-0.4, -0.2) is 53.4 Å². The molecule has 0 aliphatic heterocycles. The fourth-order valence-corrected chi connectivity index (χ4v) is 5.04. The van der Waals surface area contributed by atoms with Crippen LogP contribution in [0.4, 0.5) is 0 Å². The number of aromatic nitrogens is 4. The molecule has 0 radical (unpaired) electrons. The van der Waals surface area contributed by atoms with Crippen molar-refractivity contribution in [3.8, 4) is 22.7 Å². The van der Waals surface area contributed by atoms with Gasteiger partial charge in [0.2, 0.25) is 0 Å². The first-order chi connectivity index (χ1) is 17.7. The van der Waals surface area contributed by atoms with Crippen LogP contribution >= 0.6 is 0 Å². The molecule has 194 valence electrons. The van der Waals surface area contributed by atoms with Crippen LogP contribution in [0.3, 0.4) is 0 Å². The first-order valence-corrected chi connectivity index (χ1v) is 16.4. The van der Waals surface area contributed by atoms with Crippen molar-refractivity contribution in [3.05, 3.63) is 59.9 Å². The van der Waals surface area contributed by atoms with E-state index in [1.165, 1.54) is 7.11 Å². The number of nitrogens with zero attached hydrogens (tertiary/aromatic N) is 4. The van der Waals surface area contributed by atoms with Gasteiger partial charge >= 0.3 is 5.97 Å². The van der Waals surface area contributed by atoms with E-state index in [9.17, 15) is 4.79 Å². The van der Waals surface area contributed by atoms with Crippen LogP contribution in [0.1, 0.15) is 29.0 Å². The minimum Gasteiger partial charge on any atom is -0.490 e. The molecule has 1 aliphatic carbocycles. The molecule has 0 saturated heterocycles. The second-order valence-electron chi connectivity index (χ2n) is 10.8. The van der Waals surface area contributed by atoms with Crippen LogP contribution in [0.15, 0.2) is 48.5 Å². The number of aryl methyl sites for hydroxylation is 1. The molecule has 0 amide bonds. The number of carbonyl (C=O) groups is 1. The van der Waals surface area contributed by atoms with Gasteiger partial charge in [-0.3, -0.25) is 0 Å². The molecule has 0 spiro atoms. The Bertz CT molecular complexity index is 1430. The van der Waals surface area contributed by atoms with Crippen molar-refractivity contribution >= 4 is 24.9 Å². The van der Waals surface area contributed by atoms with Gasteiger partial charge < -0.3 is 14.2 Å². The van der Waals surface area contributed by atoms with Crippen LogP contribution in [-0.2, 0) is 16.2 Å². The van der Waals surface area contributed by atoms with Gasteiger partial charge in [-0.15, -0.1) is 0 Å². The third-order valence-corrected chi connectivity index (χ3v) is 8.13. The largest absolute Gasteiger partial charge is 0.490 e. The van der Waals surface area contributed by atoms with Gasteiger partial charge in [-0.1, -0.05) is 37.8 Å². The second-order valence-corrected chi connectivity index (χ2v) is 16.4. The van der Waals surface area contributed by atoms with E-state index in [-0.39, 0.29) is 5.69 Å². The summed E-state index contributed by atoms with van der Waals surface area (Å²) in [5, 5.41) is 10.4. The minimum atomic E-state index is -1.17. The molecule has 1 saturated carbocycles. The molecule has 37 heavy (non-hydrogen) atoms. The molecule has 5 rings (SSSR count). The first kappa shape index (κ1) is 25.2. The molecule has 0 N–H and O–H groups in total. The Morgan fingerprint density at radius 2 is 1.86 bits per heavy atom. The number of carbonyl (C=O) groups excluding carboxylic acids is 1. The van der Waals surface area contributed by atoms with Crippen LogP contribution < -0.4 is 4.74 Å². The first-order valence-electron chi connectivity index (χ1n) is 12.7. The molecule has 2 aromatic heterocycles. The van der Waals surface area contributed by atoms with Crippen molar-refractivity contribution in [1.29, 1.82) is 0 Å². The van der Waals surface area contributed by atoms with Crippen LogP contribution in [0.2, 0.25) is 25.7 Å². The number of benzene rings is 2. The summed E-state index contributed by atoms with van der Waals surface area (Å²) in [5.74, 6) is 0.325. The highest BCUT2D eigenvalue weighted by Gasteiger charge is 2.24. The highest BCUT2D eigenvalue weighted by molar-refractivity contribution is 6.76. The average Bonchev–Trinajstić information content (AvgIpc) is 3.47. The third kappa shape index (κ3) is 5.62. The van der Waals surface area contributed by atoms with E-state index in [1.54, 1.807) is 10.7 Å². The lowest BCUT2D eigenvalue weighted by atomic mass is 10.1. The fourth-order valence-electron chi connectivity index (χ4n) is 4.29. The van der Waals surface area contributed by atoms with Crippen LogP contribution in [0.5, 0.6) is 5.75 Å². The molecule has 4 aromatic rings. The van der Waals surface area contributed by atoms with Gasteiger partial charge in [0, 0.05) is 25.6 Å². The zero-order valence-electron chi connectivity index (χ0n) is 22.2. The van der Waals surface area contributed by atoms with Crippen molar-refractivity contribution < 1.29 is 19.0 Å². The van der Waals surface area contributed by atoms with Gasteiger partial charge in [0.15, 0.2) is 5.69 Å². The monoisotopic (exact) mass is 518 g/mol. The molecular formula is C28H34N4O4Si. The summed E-state index contributed by atoms with van der Waals surface area (Å²) in [6, 6.07) is 16.8. The zero-order chi connectivity index (χ0) is 26.2. The van der Waals surface area contributed by atoms with Crippen molar-refractivity contribution in [2.75, 3.05) is 13.7 Å². The minimum absolute atomic E-state index is 0.239. The highest BCUT2D eigenvalue weighted by Crippen LogP contribution is 2.33. The number of methoxy groups -OCH3 is 1. The van der Waals surface area contributed by atoms with Gasteiger partial charge in [0.25, 0.3) is 0 Å². The Hall–Kier alpha value is -3.43. The topological polar surface area (TPSA) is 80.4 Å². The molecule has 1 aliphatic rings. The average molecular weight is 519 g/mol. The summed E-state index contributed by atoms with van der Waals surface area (Å²) < 4.78 is 20.7. The van der Waals surface area contributed by atoms with Gasteiger partial charge in [0.1, 0.15) is 12.5 Å². The van der Waals surface area contributed by atoms with E-state index < -0.39 is 14.0 Å². The Kier molecular flexibility index (Phi) is 6.91. The molecule has 2 aromatic carbocycles. The van der Waals surface area contributed by atoms with Gasteiger partial charge in [-0.2, -0.15) is 10.2 Å². The maximum absolute atomic E-state index is 12.5. The predicted molar refractivity (Wildman–Crippen MR) is 146 cm³/mol. The van der Waals surface area contributed by atoms with E-state index in [2.05, 4.69) is 24.7 Å². The van der Waals surface area contributed by atoms with E-state index in [4.69, 9.17) is 19.3 Å². The predicted octanol–water partition coefficient (Wildman–Crippen LogP) is 5.84. The molecule has 2 heterocycles. The van der Waals surface area contributed by atoms with E-state index in [0.717, 1.165) is 64.8 Å². The van der Waals surface area contributed by atoms with Gasteiger partial charge in [-0.25, -0.2) is 14.2 Å². The third-order valence-electron chi connectivity index (χ3n) is 6.43. The quantitative estimate of drug-likeness (QED) is 0.149. The van der Waals surface area contributed by atoms with E-state index >= 15 is 0 Å². The Balaban J connectivity index is 1.55. The smallest absolute Gasteiger partial charge is 0.358 e. The number of hydrogen-bond acceptors (Lipinski definition) is 6. The maximum atomic E-state index is 12.5. The van der Waals surface area contributed by atoms with Crippen molar-refractivity contribution in [2.24, 2.45) is 0 Å². The Morgan fingerprint density at radius 3 is 2.59 bits per heavy atom. The molecule has 1 fully saturated rings. The van der Waals surface area contributed by atoms with Crippen LogP contribution in [0, 0.1) is 6.92 Å². The summed E-state index contributed by atoms with van der Waals surface area (Å²) in [6.45, 7) is 10.1. The molecule has 0 unspecified atom stereocenters. The standard InChI is InChI=1S/C28H34N4O4Si/c1-19-27-24(31(29-19)18-35-14-15-37(3,4)5)10-7-11-25(27)32-26(17-23(30-32)28(33)34-2)20-8-6-9-22(16-20)36-21-12-13-21/h6-11,16-17,21H,12-15,18H2,1-5H3. The Labute approximate surface area is 218 Å². The lowest BCUT2D eigenvalue weighted by Gasteiger charge is -2.15. The summed E-state index contributed by atoms with van der Waals surface area (Å²) in [5.41, 5.74) is 4.57. The van der Waals surface area contributed by atoms with E-state index in [0.29, 0.717) is 12.8 Å². The zero-order valence-corrected chi connectivity index (χ0v) is 23.2. The number of fused-ring (bicyclic) bond motifs is 1. The van der Waals surface area contributed by atoms with Gasteiger partial charge in [0.05, 0.1) is 35.8 Å².